The number of benzene rings is 1. The topological polar surface area (TPSA) is 24.9 Å². The van der Waals surface area contributed by atoms with Crippen LogP contribution in [0, 0.1) is 0 Å². The van der Waals surface area contributed by atoms with E-state index in [0.717, 1.165) is 23.6 Å². The minimum absolute atomic E-state index is 0.995. The molecule has 1 aromatic carbocycles. The Kier molecular flexibility index (Phi) is 3.49. The van der Waals surface area contributed by atoms with Crippen molar-refractivity contribution in [1.29, 1.82) is 0 Å². The summed E-state index contributed by atoms with van der Waals surface area (Å²) in [7, 11) is 0. The van der Waals surface area contributed by atoms with Crippen molar-refractivity contribution in [3.05, 3.63) is 18.2 Å². The van der Waals surface area contributed by atoms with E-state index in [4.69, 9.17) is 0 Å². The summed E-state index contributed by atoms with van der Waals surface area (Å²) in [6.45, 7) is 3.15. The zero-order valence-electron chi connectivity index (χ0n) is 8.91. The Morgan fingerprint density at radius 3 is 3.07 bits per heavy atom. The molecular weight excluding hydrogens is 224 g/mol. The lowest BCUT2D eigenvalue weighted by atomic mass is 10.3. The molecule has 0 aliphatic carbocycles. The van der Waals surface area contributed by atoms with Gasteiger partial charge in [-0.2, -0.15) is 0 Å². The molecule has 80 valence electrons. The predicted octanol–water partition coefficient (Wildman–Crippen LogP) is 3.84. The van der Waals surface area contributed by atoms with Crippen molar-refractivity contribution >= 4 is 38.4 Å². The van der Waals surface area contributed by atoms with Crippen molar-refractivity contribution in [1.82, 2.24) is 4.98 Å². The summed E-state index contributed by atoms with van der Waals surface area (Å²) in [5.74, 6) is 0. The van der Waals surface area contributed by atoms with Gasteiger partial charge >= 0.3 is 0 Å². The molecule has 0 saturated heterocycles. The normalized spacial score (nSPS) is 10.8. The first-order valence-corrected chi connectivity index (χ1v) is 7.06. The van der Waals surface area contributed by atoms with Crippen molar-refractivity contribution in [2.24, 2.45) is 0 Å². The van der Waals surface area contributed by atoms with Gasteiger partial charge in [-0.3, -0.25) is 0 Å². The number of nitrogens with one attached hydrogen (secondary N) is 1. The van der Waals surface area contributed by atoms with E-state index in [1.54, 1.807) is 23.1 Å². The van der Waals surface area contributed by atoms with E-state index >= 15 is 0 Å². The summed E-state index contributed by atoms with van der Waals surface area (Å²) in [5.41, 5.74) is 1.09. The molecule has 0 aliphatic rings. The third-order valence-corrected chi connectivity index (χ3v) is 3.82. The highest BCUT2D eigenvalue weighted by atomic mass is 32.2. The molecule has 0 bridgehead atoms. The minimum atomic E-state index is 0.995. The first-order chi connectivity index (χ1) is 7.33. The van der Waals surface area contributed by atoms with Gasteiger partial charge in [-0.15, -0.1) is 11.8 Å². The molecule has 0 spiro atoms. The molecular formula is C11H14N2S2. The van der Waals surface area contributed by atoms with Gasteiger partial charge in [0.05, 0.1) is 10.2 Å². The third-order valence-electron chi connectivity index (χ3n) is 2.12. The quantitative estimate of drug-likeness (QED) is 0.819. The molecule has 15 heavy (non-hydrogen) atoms. The summed E-state index contributed by atoms with van der Waals surface area (Å²) in [6.07, 6.45) is 3.23. The van der Waals surface area contributed by atoms with E-state index in [2.05, 4.69) is 41.7 Å². The van der Waals surface area contributed by atoms with Crippen LogP contribution in [0.1, 0.15) is 13.3 Å². The Balaban J connectivity index is 2.29. The molecule has 2 rings (SSSR count). The van der Waals surface area contributed by atoms with Crippen LogP contribution in [0.3, 0.4) is 0 Å². The van der Waals surface area contributed by atoms with Crippen LogP contribution in [0.5, 0.6) is 0 Å². The molecule has 0 atom stereocenters. The Bertz CT molecular complexity index is 451. The van der Waals surface area contributed by atoms with Crippen LogP contribution >= 0.6 is 23.1 Å². The molecule has 0 aliphatic heterocycles. The lowest BCUT2D eigenvalue weighted by molar-refractivity contribution is 0.977. The lowest BCUT2D eigenvalue weighted by Gasteiger charge is -1.95. The van der Waals surface area contributed by atoms with Crippen LogP contribution in [-0.4, -0.2) is 17.8 Å². The van der Waals surface area contributed by atoms with Gasteiger partial charge in [0.15, 0.2) is 5.13 Å². The van der Waals surface area contributed by atoms with Crippen LogP contribution in [-0.2, 0) is 0 Å². The van der Waals surface area contributed by atoms with Crippen LogP contribution in [0.25, 0.3) is 10.2 Å². The SMILES string of the molecule is CCCNc1nc2ccc(SC)cc2s1. The number of hydrogen-bond donors (Lipinski definition) is 1. The van der Waals surface area contributed by atoms with Crippen molar-refractivity contribution in [3.8, 4) is 0 Å². The molecule has 2 aromatic rings. The number of nitrogens with zero attached hydrogens (tertiary/aromatic N) is 1. The van der Waals surface area contributed by atoms with E-state index in [0.29, 0.717) is 0 Å². The largest absolute Gasteiger partial charge is 0.361 e. The summed E-state index contributed by atoms with van der Waals surface area (Å²) in [6, 6.07) is 6.42. The fourth-order valence-electron chi connectivity index (χ4n) is 1.34. The Hall–Kier alpha value is -0.740. The van der Waals surface area contributed by atoms with Crippen molar-refractivity contribution in [2.45, 2.75) is 18.2 Å². The second-order valence-electron chi connectivity index (χ2n) is 3.28. The van der Waals surface area contributed by atoms with Gasteiger partial charge in [-0.1, -0.05) is 18.3 Å². The molecule has 1 N–H and O–H groups in total. The zero-order chi connectivity index (χ0) is 10.7. The fraction of sp³-hybridized carbons (Fsp3) is 0.364. The minimum Gasteiger partial charge on any atom is -0.361 e. The maximum absolute atomic E-state index is 4.52. The van der Waals surface area contributed by atoms with E-state index in [1.807, 2.05) is 0 Å². The number of fused-ring (bicyclic) bond motifs is 1. The molecule has 0 saturated carbocycles. The van der Waals surface area contributed by atoms with Gasteiger partial charge in [-0.25, -0.2) is 4.98 Å². The number of thiazole rings is 1. The fourth-order valence-corrected chi connectivity index (χ4v) is 2.78. The maximum atomic E-state index is 4.52. The van der Waals surface area contributed by atoms with E-state index in [9.17, 15) is 0 Å². The molecule has 1 aromatic heterocycles. The Labute approximate surface area is 98.1 Å². The predicted molar refractivity (Wildman–Crippen MR) is 70.2 cm³/mol. The van der Waals surface area contributed by atoms with Gasteiger partial charge in [0.1, 0.15) is 0 Å². The Morgan fingerprint density at radius 1 is 1.47 bits per heavy atom. The third kappa shape index (κ3) is 2.44. The lowest BCUT2D eigenvalue weighted by Crippen LogP contribution is -1.98. The van der Waals surface area contributed by atoms with Gasteiger partial charge in [0.25, 0.3) is 0 Å². The van der Waals surface area contributed by atoms with Gasteiger partial charge in [0, 0.05) is 11.4 Å². The number of aromatic nitrogens is 1. The smallest absolute Gasteiger partial charge is 0.183 e. The van der Waals surface area contributed by atoms with Gasteiger partial charge < -0.3 is 5.32 Å². The van der Waals surface area contributed by atoms with Crippen LogP contribution in [0.4, 0.5) is 5.13 Å². The van der Waals surface area contributed by atoms with Crippen molar-refractivity contribution in [2.75, 3.05) is 18.1 Å². The first-order valence-electron chi connectivity index (χ1n) is 5.02. The highest BCUT2D eigenvalue weighted by Crippen LogP contribution is 2.29. The van der Waals surface area contributed by atoms with E-state index < -0.39 is 0 Å². The van der Waals surface area contributed by atoms with E-state index in [-0.39, 0.29) is 0 Å². The number of rotatable bonds is 4. The first kappa shape index (κ1) is 10.8. The van der Waals surface area contributed by atoms with Crippen molar-refractivity contribution < 1.29 is 0 Å². The highest BCUT2D eigenvalue weighted by Gasteiger charge is 2.03. The standard InChI is InChI=1S/C11H14N2S2/c1-3-6-12-11-13-9-5-4-8(14-2)7-10(9)15-11/h4-5,7H,3,6H2,1-2H3,(H,12,13). The molecule has 4 heteroatoms. The van der Waals surface area contributed by atoms with Gasteiger partial charge in [-0.05, 0) is 30.9 Å². The van der Waals surface area contributed by atoms with Gasteiger partial charge in [0.2, 0.25) is 0 Å². The number of hydrogen-bond acceptors (Lipinski definition) is 4. The zero-order valence-corrected chi connectivity index (χ0v) is 10.5. The van der Waals surface area contributed by atoms with Crippen LogP contribution in [0.15, 0.2) is 23.1 Å². The summed E-state index contributed by atoms with van der Waals surface area (Å²) < 4.78 is 1.26. The van der Waals surface area contributed by atoms with Crippen LogP contribution < -0.4 is 5.32 Å². The number of anilines is 1. The number of thioether (sulfide) groups is 1. The summed E-state index contributed by atoms with van der Waals surface area (Å²) in [5, 5.41) is 4.35. The monoisotopic (exact) mass is 238 g/mol. The Morgan fingerprint density at radius 2 is 2.33 bits per heavy atom. The highest BCUT2D eigenvalue weighted by molar-refractivity contribution is 7.98. The summed E-state index contributed by atoms with van der Waals surface area (Å²) >= 11 is 3.50. The van der Waals surface area contributed by atoms with E-state index in [1.165, 1.54) is 9.60 Å². The van der Waals surface area contributed by atoms with Crippen molar-refractivity contribution in [3.63, 3.8) is 0 Å². The molecule has 0 radical (unpaired) electrons. The molecule has 2 nitrogen and oxygen atoms in total. The average molecular weight is 238 g/mol. The molecule has 0 amide bonds. The molecule has 0 unspecified atom stereocenters. The second kappa shape index (κ2) is 4.86. The molecule has 0 fully saturated rings. The summed E-state index contributed by atoms with van der Waals surface area (Å²) in [4.78, 5) is 5.82. The second-order valence-corrected chi connectivity index (χ2v) is 5.19. The average Bonchev–Trinajstić information content (AvgIpc) is 2.67. The van der Waals surface area contributed by atoms with Crippen LogP contribution in [0.2, 0.25) is 0 Å². The maximum Gasteiger partial charge on any atom is 0.183 e. The molecule has 1 heterocycles.